The molecular formula is C18H26N2O4. The molecule has 1 amide bonds. The van der Waals surface area contributed by atoms with Crippen LogP contribution in [0.3, 0.4) is 0 Å². The Bertz CT molecular complexity index is 640. The summed E-state index contributed by atoms with van der Waals surface area (Å²) in [6.45, 7) is 5.86. The third-order valence-electron chi connectivity index (χ3n) is 5.67. The number of ether oxygens (including phenoxy) is 1. The summed E-state index contributed by atoms with van der Waals surface area (Å²) in [5, 5.41) is 9.08. The van der Waals surface area contributed by atoms with E-state index in [4.69, 9.17) is 9.84 Å². The molecule has 1 fully saturated rings. The molecule has 0 saturated heterocycles. The number of aromatic carboxylic acids is 1. The fraction of sp³-hybridized carbons (Fsp3) is 0.611. The second kappa shape index (κ2) is 6.89. The van der Waals surface area contributed by atoms with Gasteiger partial charge in [-0.1, -0.05) is 13.8 Å². The highest BCUT2D eigenvalue weighted by Gasteiger charge is 2.55. The topological polar surface area (TPSA) is 79.7 Å². The van der Waals surface area contributed by atoms with Gasteiger partial charge in [0.15, 0.2) is 0 Å². The summed E-state index contributed by atoms with van der Waals surface area (Å²) >= 11 is 0. The predicted molar refractivity (Wildman–Crippen MR) is 90.2 cm³/mol. The van der Waals surface area contributed by atoms with Crippen molar-refractivity contribution in [1.29, 1.82) is 0 Å². The van der Waals surface area contributed by atoms with Crippen molar-refractivity contribution in [3.8, 4) is 0 Å². The van der Waals surface area contributed by atoms with E-state index in [1.54, 1.807) is 26.0 Å². The largest absolute Gasteiger partial charge is 0.478 e. The molecule has 1 aliphatic carbocycles. The Kier molecular flexibility index (Phi) is 5.28. The zero-order valence-corrected chi connectivity index (χ0v) is 15.0. The first-order chi connectivity index (χ1) is 11.3. The van der Waals surface area contributed by atoms with E-state index in [-0.39, 0.29) is 34.7 Å². The van der Waals surface area contributed by atoms with Crippen molar-refractivity contribution in [3.05, 3.63) is 29.1 Å². The molecule has 132 valence electrons. The van der Waals surface area contributed by atoms with Crippen LogP contribution < -0.4 is 0 Å². The van der Waals surface area contributed by atoms with Crippen LogP contribution in [0.1, 0.15) is 59.7 Å². The fourth-order valence-corrected chi connectivity index (χ4v) is 4.01. The average Bonchev–Trinajstić information content (AvgIpc) is 2.54. The molecule has 2 rings (SSSR count). The van der Waals surface area contributed by atoms with Crippen LogP contribution in [0.4, 0.5) is 0 Å². The van der Waals surface area contributed by atoms with E-state index in [0.29, 0.717) is 5.69 Å². The number of nitrogens with zero attached hydrogens (tertiary/aromatic N) is 2. The molecule has 1 saturated carbocycles. The van der Waals surface area contributed by atoms with Gasteiger partial charge in [0.25, 0.3) is 5.91 Å². The lowest BCUT2D eigenvalue weighted by molar-refractivity contribution is -0.147. The SMILES string of the molecule is CCC1(CC)C(OC)CC1N(C)C(=O)c1ccc(C(=O)O)c(C)n1. The van der Waals surface area contributed by atoms with Crippen molar-refractivity contribution in [2.24, 2.45) is 5.41 Å². The highest BCUT2D eigenvalue weighted by atomic mass is 16.5. The Labute approximate surface area is 142 Å². The normalized spacial score (nSPS) is 21.9. The Morgan fingerprint density at radius 1 is 1.38 bits per heavy atom. The van der Waals surface area contributed by atoms with Gasteiger partial charge in [0.1, 0.15) is 5.69 Å². The minimum absolute atomic E-state index is 0.0325. The summed E-state index contributed by atoms with van der Waals surface area (Å²) in [6.07, 6.45) is 2.85. The van der Waals surface area contributed by atoms with Crippen molar-refractivity contribution >= 4 is 11.9 Å². The molecule has 1 aliphatic rings. The van der Waals surface area contributed by atoms with Crippen LogP contribution in [0.2, 0.25) is 0 Å². The lowest BCUT2D eigenvalue weighted by Crippen LogP contribution is -2.64. The van der Waals surface area contributed by atoms with Crippen LogP contribution in [0, 0.1) is 12.3 Å². The van der Waals surface area contributed by atoms with Crippen LogP contribution in [0.5, 0.6) is 0 Å². The van der Waals surface area contributed by atoms with Crippen LogP contribution >= 0.6 is 0 Å². The molecule has 2 unspecified atom stereocenters. The number of hydrogen-bond donors (Lipinski definition) is 1. The third-order valence-corrected chi connectivity index (χ3v) is 5.67. The maximum atomic E-state index is 12.8. The lowest BCUT2D eigenvalue weighted by atomic mass is 9.58. The number of pyridine rings is 1. The standard InChI is InChI=1S/C18H26N2O4/c1-6-18(7-2)14(10-15(18)24-5)20(4)16(21)13-9-8-12(17(22)23)11(3)19-13/h8-9,14-15H,6-7,10H2,1-5H3,(H,22,23). The van der Waals surface area contributed by atoms with Crippen LogP contribution in [-0.4, -0.2) is 53.2 Å². The van der Waals surface area contributed by atoms with Crippen LogP contribution in [0.25, 0.3) is 0 Å². The summed E-state index contributed by atoms with van der Waals surface area (Å²) in [4.78, 5) is 29.8. The van der Waals surface area contributed by atoms with Crippen molar-refractivity contribution in [1.82, 2.24) is 9.88 Å². The molecule has 6 heteroatoms. The van der Waals surface area contributed by atoms with Crippen molar-refractivity contribution < 1.29 is 19.4 Å². The highest BCUT2D eigenvalue weighted by Crippen LogP contribution is 2.51. The molecule has 1 heterocycles. The summed E-state index contributed by atoms with van der Waals surface area (Å²) in [7, 11) is 3.51. The number of aromatic nitrogens is 1. The van der Waals surface area contributed by atoms with Gasteiger partial charge in [-0.25, -0.2) is 9.78 Å². The first-order valence-corrected chi connectivity index (χ1v) is 8.33. The Balaban J connectivity index is 2.24. The van der Waals surface area contributed by atoms with Gasteiger partial charge in [0.2, 0.25) is 0 Å². The summed E-state index contributed by atoms with van der Waals surface area (Å²) < 4.78 is 5.59. The zero-order valence-electron chi connectivity index (χ0n) is 15.0. The molecule has 1 aromatic heterocycles. The first-order valence-electron chi connectivity index (χ1n) is 8.33. The van der Waals surface area contributed by atoms with E-state index >= 15 is 0 Å². The number of carbonyl (C=O) groups excluding carboxylic acids is 1. The number of rotatable bonds is 6. The Morgan fingerprint density at radius 3 is 2.46 bits per heavy atom. The summed E-state index contributed by atoms with van der Waals surface area (Å²) in [5.41, 5.74) is 0.716. The van der Waals surface area contributed by atoms with Gasteiger partial charge in [0.05, 0.1) is 17.4 Å². The molecule has 0 aliphatic heterocycles. The van der Waals surface area contributed by atoms with Crippen LogP contribution in [-0.2, 0) is 4.74 Å². The number of methoxy groups -OCH3 is 1. The number of aryl methyl sites for hydroxylation is 1. The van der Waals surface area contributed by atoms with Gasteiger partial charge in [-0.2, -0.15) is 0 Å². The number of hydrogen-bond acceptors (Lipinski definition) is 4. The van der Waals surface area contributed by atoms with E-state index in [1.165, 1.54) is 12.1 Å². The second-order valence-electron chi connectivity index (χ2n) is 6.47. The fourth-order valence-electron chi connectivity index (χ4n) is 4.01. The quantitative estimate of drug-likeness (QED) is 0.865. The molecule has 0 bridgehead atoms. The molecule has 1 N–H and O–H groups in total. The number of amides is 1. The average molecular weight is 334 g/mol. The molecule has 6 nitrogen and oxygen atoms in total. The van der Waals surface area contributed by atoms with Gasteiger partial charge in [-0.05, 0) is 38.3 Å². The number of carboxylic acid groups (broad SMARTS) is 1. The third kappa shape index (κ3) is 2.79. The van der Waals surface area contributed by atoms with Crippen molar-refractivity contribution in [3.63, 3.8) is 0 Å². The van der Waals surface area contributed by atoms with Crippen LogP contribution in [0.15, 0.2) is 12.1 Å². The second-order valence-corrected chi connectivity index (χ2v) is 6.47. The molecule has 0 radical (unpaired) electrons. The minimum atomic E-state index is -1.04. The lowest BCUT2D eigenvalue weighted by Gasteiger charge is -2.57. The Morgan fingerprint density at radius 2 is 2.00 bits per heavy atom. The smallest absolute Gasteiger partial charge is 0.337 e. The number of carbonyl (C=O) groups is 2. The maximum Gasteiger partial charge on any atom is 0.337 e. The first kappa shape index (κ1) is 18.4. The van der Waals surface area contributed by atoms with Crippen molar-refractivity contribution in [2.75, 3.05) is 14.2 Å². The molecule has 2 atom stereocenters. The Hall–Kier alpha value is -1.95. The van der Waals surface area contributed by atoms with E-state index < -0.39 is 5.97 Å². The maximum absolute atomic E-state index is 12.8. The van der Waals surface area contributed by atoms with Gasteiger partial charge in [-0.3, -0.25) is 4.79 Å². The summed E-state index contributed by atoms with van der Waals surface area (Å²) in [5.74, 6) is -1.22. The highest BCUT2D eigenvalue weighted by molar-refractivity contribution is 5.94. The predicted octanol–water partition coefficient (Wildman–Crippen LogP) is 2.75. The minimum Gasteiger partial charge on any atom is -0.478 e. The summed E-state index contributed by atoms with van der Waals surface area (Å²) in [6, 6.07) is 3.03. The molecular weight excluding hydrogens is 308 g/mol. The van der Waals surface area contributed by atoms with Crippen molar-refractivity contribution in [2.45, 2.75) is 52.2 Å². The van der Waals surface area contributed by atoms with E-state index in [9.17, 15) is 9.59 Å². The number of carboxylic acids is 1. The zero-order chi connectivity index (χ0) is 18.1. The molecule has 24 heavy (non-hydrogen) atoms. The van der Waals surface area contributed by atoms with E-state index in [1.807, 2.05) is 0 Å². The molecule has 1 aromatic rings. The van der Waals surface area contributed by atoms with Gasteiger partial charge in [-0.15, -0.1) is 0 Å². The van der Waals surface area contributed by atoms with Gasteiger partial charge in [0, 0.05) is 25.6 Å². The van der Waals surface area contributed by atoms with Gasteiger partial charge < -0.3 is 14.7 Å². The van der Waals surface area contributed by atoms with E-state index in [0.717, 1.165) is 19.3 Å². The molecule has 0 aromatic carbocycles. The van der Waals surface area contributed by atoms with Gasteiger partial charge >= 0.3 is 5.97 Å². The monoisotopic (exact) mass is 334 g/mol. The molecule has 0 spiro atoms. The van der Waals surface area contributed by atoms with E-state index in [2.05, 4.69) is 18.8 Å².